The van der Waals surface area contributed by atoms with Crippen molar-refractivity contribution < 1.29 is 18.4 Å². The number of benzene rings is 2. The third-order valence-corrected chi connectivity index (χ3v) is 2.58. The minimum absolute atomic E-state index is 0.0236. The number of hydrogen-bond acceptors (Lipinski definition) is 4. The number of para-hydroxylation sites is 1. The number of rotatable bonds is 4. The van der Waals surface area contributed by atoms with Gasteiger partial charge in [-0.1, -0.05) is 12.1 Å². The number of nitrogens with two attached hydrogens (primary N) is 1. The zero-order valence-electron chi connectivity index (χ0n) is 10.1. The Morgan fingerprint density at radius 2 is 1.90 bits per heavy atom. The summed E-state index contributed by atoms with van der Waals surface area (Å²) in [7, 11) is 0. The number of alkyl halides is 2. The monoisotopic (exact) mass is 280 g/mol. The van der Waals surface area contributed by atoms with Crippen LogP contribution in [0, 0.1) is 10.1 Å². The van der Waals surface area contributed by atoms with Gasteiger partial charge in [0.25, 0.3) is 12.1 Å². The number of halogens is 2. The molecular weight excluding hydrogens is 270 g/mol. The number of nitro groups is 1. The molecule has 0 heterocycles. The Morgan fingerprint density at radius 3 is 2.55 bits per heavy atom. The van der Waals surface area contributed by atoms with Gasteiger partial charge in [-0.2, -0.15) is 0 Å². The Kier molecular flexibility index (Phi) is 3.79. The maximum Gasteiger partial charge on any atom is 0.295 e. The summed E-state index contributed by atoms with van der Waals surface area (Å²) in [5, 5.41) is 10.8. The van der Waals surface area contributed by atoms with Crippen molar-refractivity contribution in [2.24, 2.45) is 0 Å². The van der Waals surface area contributed by atoms with E-state index < -0.39 is 11.3 Å². The molecule has 20 heavy (non-hydrogen) atoms. The van der Waals surface area contributed by atoms with Crippen molar-refractivity contribution in [1.82, 2.24) is 0 Å². The van der Waals surface area contributed by atoms with E-state index >= 15 is 0 Å². The van der Waals surface area contributed by atoms with Crippen molar-refractivity contribution in [2.75, 3.05) is 5.73 Å². The molecule has 5 nitrogen and oxygen atoms in total. The van der Waals surface area contributed by atoms with Gasteiger partial charge < -0.3 is 10.5 Å². The van der Waals surface area contributed by atoms with Crippen LogP contribution in [0.3, 0.4) is 0 Å². The predicted octanol–water partition coefficient (Wildman–Crippen LogP) is 3.91. The first-order chi connectivity index (χ1) is 9.49. The maximum atomic E-state index is 12.8. The quantitative estimate of drug-likeness (QED) is 0.523. The fourth-order valence-corrected chi connectivity index (χ4v) is 1.63. The lowest BCUT2D eigenvalue weighted by molar-refractivity contribution is -0.384. The first-order valence-corrected chi connectivity index (χ1v) is 5.58. The molecule has 7 heteroatoms. The SMILES string of the molecule is Nc1ccc(Oc2ccccc2C(F)F)cc1[N+](=O)[O-]. The molecule has 0 atom stereocenters. The van der Waals surface area contributed by atoms with Gasteiger partial charge in [-0.3, -0.25) is 10.1 Å². The van der Waals surface area contributed by atoms with Crippen LogP contribution in [0.2, 0.25) is 0 Å². The predicted molar refractivity (Wildman–Crippen MR) is 69.0 cm³/mol. The van der Waals surface area contributed by atoms with Crippen LogP contribution in [-0.2, 0) is 0 Å². The normalized spacial score (nSPS) is 10.6. The van der Waals surface area contributed by atoms with E-state index in [0.29, 0.717) is 0 Å². The minimum atomic E-state index is -2.70. The first kappa shape index (κ1) is 13.7. The van der Waals surface area contributed by atoms with Crippen LogP contribution in [0.15, 0.2) is 42.5 Å². The number of ether oxygens (including phenoxy) is 1. The lowest BCUT2D eigenvalue weighted by Gasteiger charge is -2.10. The van der Waals surface area contributed by atoms with Crippen LogP contribution in [0.4, 0.5) is 20.2 Å². The van der Waals surface area contributed by atoms with Gasteiger partial charge >= 0.3 is 0 Å². The number of hydrogen-bond donors (Lipinski definition) is 1. The molecule has 0 radical (unpaired) electrons. The van der Waals surface area contributed by atoms with Crippen molar-refractivity contribution in [3.05, 3.63) is 58.1 Å². The zero-order chi connectivity index (χ0) is 14.7. The molecule has 0 saturated carbocycles. The fraction of sp³-hybridized carbons (Fsp3) is 0.0769. The molecule has 0 aliphatic heterocycles. The Bertz CT molecular complexity index is 647. The van der Waals surface area contributed by atoms with E-state index in [0.717, 1.165) is 6.07 Å². The molecule has 0 amide bonds. The van der Waals surface area contributed by atoms with Crippen molar-refractivity contribution in [3.8, 4) is 11.5 Å². The molecule has 2 aromatic carbocycles. The Balaban J connectivity index is 2.36. The maximum absolute atomic E-state index is 12.8. The van der Waals surface area contributed by atoms with Crippen LogP contribution in [0.1, 0.15) is 12.0 Å². The summed E-state index contributed by atoms with van der Waals surface area (Å²) < 4.78 is 30.9. The van der Waals surface area contributed by atoms with Gasteiger partial charge in [0.2, 0.25) is 0 Å². The Morgan fingerprint density at radius 1 is 1.20 bits per heavy atom. The van der Waals surface area contributed by atoms with E-state index in [9.17, 15) is 18.9 Å². The second-order valence-electron chi connectivity index (χ2n) is 3.92. The topological polar surface area (TPSA) is 78.4 Å². The van der Waals surface area contributed by atoms with Crippen molar-refractivity contribution in [2.45, 2.75) is 6.43 Å². The third-order valence-electron chi connectivity index (χ3n) is 2.58. The van der Waals surface area contributed by atoms with Crippen LogP contribution < -0.4 is 10.5 Å². The number of nitrogen functional groups attached to an aromatic ring is 1. The summed E-state index contributed by atoms with van der Waals surface area (Å²) in [6.45, 7) is 0. The minimum Gasteiger partial charge on any atom is -0.457 e. The van der Waals surface area contributed by atoms with Crippen molar-refractivity contribution in [3.63, 3.8) is 0 Å². The fourth-order valence-electron chi connectivity index (χ4n) is 1.63. The van der Waals surface area contributed by atoms with E-state index in [1.807, 2.05) is 0 Å². The van der Waals surface area contributed by atoms with Gasteiger partial charge in [-0.25, -0.2) is 8.78 Å². The molecule has 2 N–H and O–H groups in total. The van der Waals surface area contributed by atoms with Gasteiger partial charge in [0.05, 0.1) is 16.6 Å². The molecule has 104 valence electrons. The van der Waals surface area contributed by atoms with Crippen molar-refractivity contribution in [1.29, 1.82) is 0 Å². The highest BCUT2D eigenvalue weighted by molar-refractivity contribution is 5.61. The first-order valence-electron chi connectivity index (χ1n) is 5.58. The Hall–Kier alpha value is -2.70. The highest BCUT2D eigenvalue weighted by Crippen LogP contribution is 2.34. The Labute approximate surface area is 112 Å². The average molecular weight is 280 g/mol. The average Bonchev–Trinajstić information content (AvgIpc) is 2.41. The van der Waals surface area contributed by atoms with Gasteiger partial charge in [0, 0.05) is 0 Å². The largest absolute Gasteiger partial charge is 0.457 e. The second kappa shape index (κ2) is 5.52. The number of anilines is 1. The van der Waals surface area contributed by atoms with E-state index in [1.54, 1.807) is 0 Å². The standard InChI is InChI=1S/C13H10F2N2O3/c14-13(15)9-3-1-2-4-12(9)20-8-5-6-10(16)11(7-8)17(18)19/h1-7,13H,16H2. The lowest BCUT2D eigenvalue weighted by atomic mass is 10.2. The van der Waals surface area contributed by atoms with Gasteiger partial charge in [-0.05, 0) is 24.3 Å². The molecule has 2 aromatic rings. The van der Waals surface area contributed by atoms with Gasteiger partial charge in [0.15, 0.2) is 0 Å². The van der Waals surface area contributed by atoms with Gasteiger partial charge in [0.1, 0.15) is 17.2 Å². The van der Waals surface area contributed by atoms with E-state index in [2.05, 4.69) is 0 Å². The molecule has 0 spiro atoms. The highest BCUT2D eigenvalue weighted by atomic mass is 19.3. The molecule has 0 unspecified atom stereocenters. The van der Waals surface area contributed by atoms with Crippen LogP contribution >= 0.6 is 0 Å². The summed E-state index contributed by atoms with van der Waals surface area (Å²) >= 11 is 0. The van der Waals surface area contributed by atoms with Gasteiger partial charge in [-0.15, -0.1) is 0 Å². The molecule has 0 fully saturated rings. The van der Waals surface area contributed by atoms with E-state index in [1.165, 1.54) is 36.4 Å². The zero-order valence-corrected chi connectivity index (χ0v) is 10.1. The highest BCUT2D eigenvalue weighted by Gasteiger charge is 2.16. The summed E-state index contributed by atoms with van der Waals surface area (Å²) in [6.07, 6.45) is -2.70. The smallest absolute Gasteiger partial charge is 0.295 e. The summed E-state index contributed by atoms with van der Waals surface area (Å²) in [6, 6.07) is 9.35. The number of nitrogens with zero attached hydrogens (tertiary/aromatic N) is 1. The van der Waals surface area contributed by atoms with Crippen LogP contribution in [0.5, 0.6) is 11.5 Å². The molecular formula is C13H10F2N2O3. The lowest BCUT2D eigenvalue weighted by Crippen LogP contribution is -1.97. The summed E-state index contributed by atoms with van der Waals surface area (Å²) in [5.41, 5.74) is 4.80. The molecule has 0 aromatic heterocycles. The molecule has 0 aliphatic rings. The van der Waals surface area contributed by atoms with Crippen LogP contribution in [-0.4, -0.2) is 4.92 Å². The molecule has 0 saturated heterocycles. The molecule has 0 aliphatic carbocycles. The molecule has 0 bridgehead atoms. The second-order valence-corrected chi connectivity index (χ2v) is 3.92. The summed E-state index contributed by atoms with van der Waals surface area (Å²) in [4.78, 5) is 10.1. The summed E-state index contributed by atoms with van der Waals surface area (Å²) in [5.74, 6) is 0.0144. The van der Waals surface area contributed by atoms with E-state index in [4.69, 9.17) is 10.5 Å². The molecule has 2 rings (SSSR count). The number of nitro benzene ring substituents is 1. The van der Waals surface area contributed by atoms with Crippen molar-refractivity contribution >= 4 is 11.4 Å². The van der Waals surface area contributed by atoms with E-state index in [-0.39, 0.29) is 28.4 Å². The third kappa shape index (κ3) is 2.82. The van der Waals surface area contributed by atoms with Crippen LogP contribution in [0.25, 0.3) is 0 Å².